The molecule has 1 aliphatic heterocycles. The number of nitrogens with zero attached hydrogens (tertiary/aromatic N) is 3. The fourth-order valence-corrected chi connectivity index (χ4v) is 4.16. The van der Waals surface area contributed by atoms with Crippen LogP contribution in [0.4, 0.5) is 5.95 Å². The number of hydrogen-bond donors (Lipinski definition) is 1. The third kappa shape index (κ3) is 4.83. The lowest BCUT2D eigenvalue weighted by molar-refractivity contribution is -0.139. The lowest BCUT2D eigenvalue weighted by atomic mass is 9.95. The topological polar surface area (TPSA) is 78.3 Å². The molecule has 0 saturated carbocycles. The Morgan fingerprint density at radius 3 is 2.73 bits per heavy atom. The van der Waals surface area contributed by atoms with E-state index in [1.807, 2.05) is 32.0 Å². The van der Waals surface area contributed by atoms with Gasteiger partial charge in [-0.05, 0) is 43.7 Å². The Hall–Kier alpha value is -2.00. The molecule has 0 amide bonds. The maximum Gasteiger partial charge on any atom is 0.338 e. The number of halogens is 1. The molecule has 162 valence electrons. The normalized spacial score (nSPS) is 15.6. The van der Waals surface area contributed by atoms with Crippen molar-refractivity contribution in [3.8, 4) is 5.75 Å². The largest absolute Gasteiger partial charge is 0.493 e. The van der Waals surface area contributed by atoms with Crippen molar-refractivity contribution in [2.24, 2.45) is 0 Å². The number of ether oxygens (including phenoxy) is 2. The predicted octanol–water partition coefficient (Wildman–Crippen LogP) is 5.18. The lowest BCUT2D eigenvalue weighted by Gasteiger charge is -2.29. The zero-order valence-electron chi connectivity index (χ0n) is 17.7. The van der Waals surface area contributed by atoms with E-state index < -0.39 is 6.04 Å². The molecule has 0 fully saturated rings. The number of anilines is 1. The number of rotatable bonds is 9. The number of nitrogens with one attached hydrogen (secondary N) is 1. The Morgan fingerprint density at radius 2 is 2.03 bits per heavy atom. The van der Waals surface area contributed by atoms with E-state index in [-0.39, 0.29) is 5.97 Å². The number of thioether (sulfide) groups is 1. The highest BCUT2D eigenvalue weighted by molar-refractivity contribution is 9.10. The van der Waals surface area contributed by atoms with Crippen molar-refractivity contribution < 1.29 is 14.3 Å². The number of carbonyl (C=O) groups excluding carboxylic acids is 1. The van der Waals surface area contributed by atoms with Gasteiger partial charge in [-0.25, -0.2) is 9.48 Å². The maximum absolute atomic E-state index is 13.1. The van der Waals surface area contributed by atoms with E-state index >= 15 is 0 Å². The van der Waals surface area contributed by atoms with Crippen LogP contribution < -0.4 is 10.1 Å². The van der Waals surface area contributed by atoms with Gasteiger partial charge in [0.15, 0.2) is 0 Å². The van der Waals surface area contributed by atoms with Crippen molar-refractivity contribution in [2.45, 2.75) is 51.7 Å². The summed E-state index contributed by atoms with van der Waals surface area (Å²) < 4.78 is 14.2. The zero-order chi connectivity index (χ0) is 21.7. The summed E-state index contributed by atoms with van der Waals surface area (Å²) in [7, 11) is 0. The average Bonchev–Trinajstić information content (AvgIpc) is 3.12. The molecule has 0 saturated heterocycles. The van der Waals surface area contributed by atoms with Gasteiger partial charge < -0.3 is 14.8 Å². The van der Waals surface area contributed by atoms with Gasteiger partial charge in [-0.1, -0.05) is 48.5 Å². The van der Waals surface area contributed by atoms with Gasteiger partial charge in [0.05, 0.1) is 18.8 Å². The van der Waals surface area contributed by atoms with Gasteiger partial charge in [0, 0.05) is 15.7 Å². The fraction of sp³-hybridized carbons (Fsp3) is 0.476. The minimum absolute atomic E-state index is 0.362. The van der Waals surface area contributed by atoms with Gasteiger partial charge in [-0.3, -0.25) is 0 Å². The molecule has 1 atom stereocenters. The number of aromatic nitrogens is 3. The van der Waals surface area contributed by atoms with Crippen LogP contribution in [0, 0.1) is 0 Å². The van der Waals surface area contributed by atoms with Crippen LogP contribution in [-0.2, 0) is 9.53 Å². The molecular formula is C21H27BrN4O3S. The first kappa shape index (κ1) is 22.7. The number of carbonyl (C=O) groups is 1. The zero-order valence-corrected chi connectivity index (χ0v) is 20.1. The Kier molecular flexibility index (Phi) is 7.82. The highest BCUT2D eigenvalue weighted by Crippen LogP contribution is 2.41. The highest BCUT2D eigenvalue weighted by Gasteiger charge is 2.37. The number of benzene rings is 1. The summed E-state index contributed by atoms with van der Waals surface area (Å²) in [4.78, 5) is 17.7. The number of esters is 1. The van der Waals surface area contributed by atoms with E-state index in [0.717, 1.165) is 28.6 Å². The molecule has 0 bridgehead atoms. The molecule has 1 aliphatic rings. The first-order valence-electron chi connectivity index (χ1n) is 10.2. The average molecular weight is 495 g/mol. The highest BCUT2D eigenvalue weighted by atomic mass is 79.9. The quantitative estimate of drug-likeness (QED) is 0.379. The van der Waals surface area contributed by atoms with Crippen molar-refractivity contribution in [1.29, 1.82) is 0 Å². The molecule has 0 aliphatic carbocycles. The molecular weight excluding hydrogens is 468 g/mol. The monoisotopic (exact) mass is 494 g/mol. The second-order valence-electron chi connectivity index (χ2n) is 6.83. The first-order valence-corrected chi connectivity index (χ1v) is 11.9. The third-order valence-electron chi connectivity index (χ3n) is 4.49. The molecule has 1 aromatic carbocycles. The molecule has 9 heteroatoms. The molecule has 0 radical (unpaired) electrons. The summed E-state index contributed by atoms with van der Waals surface area (Å²) in [5.74, 6) is 1.81. The van der Waals surface area contributed by atoms with Gasteiger partial charge in [0.25, 0.3) is 0 Å². The Bertz CT molecular complexity index is 944. The van der Waals surface area contributed by atoms with E-state index in [4.69, 9.17) is 9.47 Å². The minimum Gasteiger partial charge on any atom is -0.493 e. The lowest BCUT2D eigenvalue weighted by Crippen LogP contribution is -2.30. The van der Waals surface area contributed by atoms with Gasteiger partial charge >= 0.3 is 5.97 Å². The van der Waals surface area contributed by atoms with E-state index in [1.54, 1.807) is 16.4 Å². The summed E-state index contributed by atoms with van der Waals surface area (Å²) in [5.41, 5.74) is 2.05. The van der Waals surface area contributed by atoms with E-state index in [2.05, 4.69) is 45.2 Å². The summed E-state index contributed by atoms with van der Waals surface area (Å²) >= 11 is 5.12. The van der Waals surface area contributed by atoms with Crippen molar-refractivity contribution >= 4 is 39.6 Å². The molecule has 2 heterocycles. The van der Waals surface area contributed by atoms with Crippen molar-refractivity contribution in [3.63, 3.8) is 0 Å². The number of allylic oxidation sites excluding steroid dienone is 1. The number of fused-ring (bicyclic) bond motifs is 1. The van der Waals surface area contributed by atoms with Crippen LogP contribution in [0.3, 0.4) is 0 Å². The number of hydrogen-bond acceptors (Lipinski definition) is 7. The van der Waals surface area contributed by atoms with E-state index in [0.29, 0.717) is 41.3 Å². The Labute approximate surface area is 189 Å². The predicted molar refractivity (Wildman–Crippen MR) is 122 cm³/mol. The van der Waals surface area contributed by atoms with Crippen molar-refractivity contribution in [3.05, 3.63) is 39.5 Å². The molecule has 7 nitrogen and oxygen atoms in total. The van der Waals surface area contributed by atoms with Gasteiger partial charge in [0.2, 0.25) is 11.1 Å². The fourth-order valence-electron chi connectivity index (χ4n) is 3.22. The van der Waals surface area contributed by atoms with Crippen LogP contribution in [0.2, 0.25) is 0 Å². The second-order valence-corrected chi connectivity index (χ2v) is 8.98. The van der Waals surface area contributed by atoms with Crippen molar-refractivity contribution in [1.82, 2.24) is 14.8 Å². The molecule has 1 unspecified atom stereocenters. The van der Waals surface area contributed by atoms with E-state index in [9.17, 15) is 4.79 Å². The third-order valence-corrected chi connectivity index (χ3v) is 5.70. The summed E-state index contributed by atoms with van der Waals surface area (Å²) in [6, 6.07) is 5.31. The van der Waals surface area contributed by atoms with Crippen LogP contribution in [-0.4, -0.2) is 39.7 Å². The standard InChI is InChI=1S/C21H27BrN4O3S/c1-5-10-28-16-9-8-14(22)12-15(16)18-17(19(27)29-11-6-2)13(4)23-20-24-21(30-7-3)25-26(18)20/h8-9,12,18H,5-7,10-11H2,1-4H3,(H,23,24,25). The summed E-state index contributed by atoms with van der Waals surface area (Å²) in [6.45, 7) is 8.90. The van der Waals surface area contributed by atoms with Crippen molar-refractivity contribution in [2.75, 3.05) is 24.3 Å². The Balaban J connectivity index is 2.16. The molecule has 0 spiro atoms. The van der Waals surface area contributed by atoms with Crippen LogP contribution in [0.1, 0.15) is 52.1 Å². The van der Waals surface area contributed by atoms with Crippen LogP contribution in [0.15, 0.2) is 39.1 Å². The summed E-state index contributed by atoms with van der Waals surface area (Å²) in [6.07, 6.45) is 1.64. The first-order chi connectivity index (χ1) is 14.5. The molecule has 1 aromatic heterocycles. The molecule has 1 N–H and O–H groups in total. The van der Waals surface area contributed by atoms with E-state index in [1.165, 1.54) is 0 Å². The SMILES string of the molecule is CCCOC(=O)C1=C(C)Nc2nc(SCC)nn2C1c1cc(Br)ccc1OCCC. The van der Waals surface area contributed by atoms with Crippen LogP contribution >= 0.6 is 27.7 Å². The molecule has 2 aromatic rings. The minimum atomic E-state index is -0.506. The summed E-state index contributed by atoms with van der Waals surface area (Å²) in [5, 5.41) is 8.57. The maximum atomic E-state index is 13.1. The van der Waals surface area contributed by atoms with Gasteiger partial charge in [-0.2, -0.15) is 4.98 Å². The smallest absolute Gasteiger partial charge is 0.338 e. The second kappa shape index (κ2) is 10.3. The Morgan fingerprint density at radius 1 is 1.27 bits per heavy atom. The molecule has 30 heavy (non-hydrogen) atoms. The molecule has 3 rings (SSSR count). The van der Waals surface area contributed by atoms with Crippen LogP contribution in [0.25, 0.3) is 0 Å². The van der Waals surface area contributed by atoms with Gasteiger partial charge in [-0.15, -0.1) is 5.10 Å². The van der Waals surface area contributed by atoms with Crippen LogP contribution in [0.5, 0.6) is 5.75 Å². The van der Waals surface area contributed by atoms with Gasteiger partial charge in [0.1, 0.15) is 11.8 Å².